The van der Waals surface area contributed by atoms with Gasteiger partial charge in [-0.1, -0.05) is 64.1 Å². The average Bonchev–Trinajstić information content (AvgIpc) is 3.97. The smallest absolute Gasteiger partial charge is 0.324 e. The van der Waals surface area contributed by atoms with E-state index in [4.69, 9.17) is 14.5 Å². The normalized spacial score (nSPS) is 25.3. The van der Waals surface area contributed by atoms with Crippen molar-refractivity contribution in [2.45, 2.75) is 104 Å². The zero-order chi connectivity index (χ0) is 49.5. The molecule has 0 radical (unpaired) electrons. The predicted molar refractivity (Wildman–Crippen MR) is 273 cm³/mol. The van der Waals surface area contributed by atoms with Gasteiger partial charge in [0.1, 0.15) is 12.1 Å². The fraction of sp³-hybridized carbons (Fsp3) is 0.545. The first-order valence-electron chi connectivity index (χ1n) is 25.6. The highest BCUT2D eigenvalue weighted by Crippen LogP contribution is 2.46. The lowest BCUT2D eigenvalue weighted by molar-refractivity contribution is -0.155. The van der Waals surface area contributed by atoms with Gasteiger partial charge in [-0.05, 0) is 110 Å². The highest BCUT2D eigenvalue weighted by atomic mass is 16.5. The minimum absolute atomic E-state index is 0.00854. The third kappa shape index (κ3) is 9.61. The molecule has 0 spiro atoms. The maximum Gasteiger partial charge on any atom is 0.324 e. The number of ether oxygens (including phenoxy) is 2. The number of rotatable bonds is 10. The Kier molecular flexibility index (Phi) is 14.3. The van der Waals surface area contributed by atoms with E-state index in [0.717, 1.165) is 88.4 Å². The largest absolute Gasteiger partial charge is 0.464 e. The van der Waals surface area contributed by atoms with Crippen LogP contribution in [0, 0.1) is 22.7 Å². The average molecular weight is 956 g/mol. The molecule has 0 aliphatic carbocycles. The number of hydrogen-bond donors (Lipinski definition) is 4. The lowest BCUT2D eigenvalue weighted by atomic mass is 9.65. The number of cyclic esters (lactones) is 1. The zero-order valence-corrected chi connectivity index (χ0v) is 42.4. The first kappa shape index (κ1) is 49.4. The molecule has 2 aromatic carbocycles. The summed E-state index contributed by atoms with van der Waals surface area (Å²) in [5.41, 5.74) is 11.4. The third-order valence-corrected chi connectivity index (χ3v) is 16.2. The van der Waals surface area contributed by atoms with Crippen LogP contribution >= 0.6 is 0 Å². The Morgan fingerprint density at radius 2 is 1.77 bits per heavy atom. The number of allylic oxidation sites excluding steroid dienone is 1. The predicted octanol–water partition coefficient (Wildman–Crippen LogP) is 5.80. The van der Waals surface area contributed by atoms with E-state index in [-0.39, 0.29) is 48.7 Å². The molecule has 374 valence electrons. The number of hydrazine groups is 1. The molecule has 0 saturated carbocycles. The van der Waals surface area contributed by atoms with E-state index in [9.17, 15) is 19.2 Å². The van der Waals surface area contributed by atoms with E-state index in [1.807, 2.05) is 36.2 Å². The molecule has 15 nitrogen and oxygen atoms in total. The Hall–Kier alpha value is -5.61. The van der Waals surface area contributed by atoms with Gasteiger partial charge >= 0.3 is 5.97 Å². The number of anilines is 1. The summed E-state index contributed by atoms with van der Waals surface area (Å²) in [5, 5.41) is 12.6. The van der Waals surface area contributed by atoms with Gasteiger partial charge in [-0.25, -0.2) is 5.43 Å². The molecule has 5 aliphatic rings. The van der Waals surface area contributed by atoms with Crippen molar-refractivity contribution < 1.29 is 28.7 Å². The number of nitrogens with one attached hydrogen (secondary N) is 4. The molecule has 2 aromatic heterocycles. The molecule has 3 saturated heterocycles. The molecule has 3 unspecified atom stereocenters. The molecule has 8 bridgehead atoms. The number of carbonyl (C=O) groups excluding carboxylic acids is 4. The molecular formula is C55H73N9O6. The van der Waals surface area contributed by atoms with E-state index >= 15 is 0 Å². The first-order chi connectivity index (χ1) is 33.6. The number of aryl methyl sites for hydroxylation is 1. The zero-order valence-electron chi connectivity index (χ0n) is 42.4. The van der Waals surface area contributed by atoms with Crippen LogP contribution in [0.15, 0.2) is 66.9 Å². The van der Waals surface area contributed by atoms with E-state index < -0.39 is 34.9 Å². The molecule has 5 aliphatic heterocycles. The van der Waals surface area contributed by atoms with Crippen LogP contribution < -0.4 is 26.3 Å². The molecule has 4 aromatic rings. The van der Waals surface area contributed by atoms with Crippen LogP contribution in [-0.4, -0.2) is 128 Å². The van der Waals surface area contributed by atoms with Gasteiger partial charge in [-0.15, -0.1) is 0 Å². The number of piperazine rings is 1. The highest BCUT2D eigenvalue weighted by Gasteiger charge is 2.48. The molecule has 7 heterocycles. The Balaban J connectivity index is 1.13. The Bertz CT molecular complexity index is 2660. The van der Waals surface area contributed by atoms with Crippen LogP contribution in [0.3, 0.4) is 0 Å². The number of nitrogens with zero attached hydrogens (tertiary/aromatic N) is 5. The quantitative estimate of drug-likeness (QED) is 0.142. The van der Waals surface area contributed by atoms with Crippen LogP contribution in [0.5, 0.6) is 0 Å². The van der Waals surface area contributed by atoms with Gasteiger partial charge in [0, 0.05) is 87.8 Å². The fourth-order valence-electron chi connectivity index (χ4n) is 11.8. The van der Waals surface area contributed by atoms with Gasteiger partial charge in [0.2, 0.25) is 11.8 Å². The minimum atomic E-state index is -0.962. The van der Waals surface area contributed by atoms with Crippen molar-refractivity contribution in [1.82, 2.24) is 40.8 Å². The van der Waals surface area contributed by atoms with Crippen molar-refractivity contribution in [2.75, 3.05) is 71.5 Å². The van der Waals surface area contributed by atoms with Crippen molar-refractivity contribution in [3.63, 3.8) is 0 Å². The second-order valence-electron chi connectivity index (χ2n) is 21.3. The lowest BCUT2D eigenvalue weighted by Crippen LogP contribution is -2.62. The molecule has 15 heteroatoms. The van der Waals surface area contributed by atoms with Gasteiger partial charge in [-0.3, -0.25) is 29.2 Å². The molecule has 7 atom stereocenters. The Labute approximate surface area is 413 Å². The molecule has 70 heavy (non-hydrogen) atoms. The van der Waals surface area contributed by atoms with Crippen LogP contribution in [0.4, 0.5) is 5.69 Å². The highest BCUT2D eigenvalue weighted by molar-refractivity contribution is 5.96. The monoisotopic (exact) mass is 956 g/mol. The van der Waals surface area contributed by atoms with Crippen LogP contribution in [0.2, 0.25) is 0 Å². The summed E-state index contributed by atoms with van der Waals surface area (Å²) in [6.07, 6.45) is 8.13. The summed E-state index contributed by atoms with van der Waals surface area (Å²) in [4.78, 5) is 65.9. The topological polar surface area (TPSA) is 162 Å². The minimum Gasteiger partial charge on any atom is -0.464 e. The summed E-state index contributed by atoms with van der Waals surface area (Å²) in [5.74, 6) is -1.06. The third-order valence-electron chi connectivity index (χ3n) is 16.2. The van der Waals surface area contributed by atoms with Crippen LogP contribution in [0.25, 0.3) is 33.3 Å². The fourth-order valence-corrected chi connectivity index (χ4v) is 11.8. The summed E-state index contributed by atoms with van der Waals surface area (Å²) in [6, 6.07) is 14.8. The molecule has 4 N–H and O–H groups in total. The molecular weight excluding hydrogens is 883 g/mol. The van der Waals surface area contributed by atoms with Crippen molar-refractivity contribution in [3.05, 3.63) is 83.7 Å². The van der Waals surface area contributed by atoms with E-state index in [2.05, 4.69) is 102 Å². The van der Waals surface area contributed by atoms with Gasteiger partial charge in [0.15, 0.2) is 0 Å². The number of likely N-dealkylation sites (N-methyl/N-ethyl adjacent to an activating group) is 1. The number of benzene rings is 2. The summed E-state index contributed by atoms with van der Waals surface area (Å²) < 4.78 is 14.6. The van der Waals surface area contributed by atoms with Crippen LogP contribution in [-0.2, 0) is 48.0 Å². The van der Waals surface area contributed by atoms with E-state index in [1.165, 1.54) is 5.01 Å². The molecule has 9 rings (SSSR count). The SMILES string of the molecule is CCn1c(-c2cc(N3CCNCC3)cnc2[C@H](C)OC)c2c3cc(ccc31)-c1cccc(c1)C[C@H](NC(=O)C(NC)C(C)C1(C)C=CC(=O)N3CC[C@H]1C3)C(=O)N1CCC[C@H](N1)C(=O)OCC(C)(C)C2. The van der Waals surface area contributed by atoms with Gasteiger partial charge in [0.05, 0.1) is 42.0 Å². The summed E-state index contributed by atoms with van der Waals surface area (Å²) in [7, 11) is 3.50. The number of carbonyl (C=O) groups is 4. The molecule has 3 fully saturated rings. The van der Waals surface area contributed by atoms with Crippen molar-refractivity contribution in [3.8, 4) is 22.4 Å². The second-order valence-corrected chi connectivity index (χ2v) is 21.3. The number of aromatic nitrogens is 2. The van der Waals surface area contributed by atoms with E-state index in [0.29, 0.717) is 45.4 Å². The van der Waals surface area contributed by atoms with Gasteiger partial charge in [0.25, 0.3) is 5.91 Å². The number of amides is 3. The Morgan fingerprint density at radius 3 is 2.53 bits per heavy atom. The van der Waals surface area contributed by atoms with Gasteiger partial charge < -0.3 is 39.8 Å². The van der Waals surface area contributed by atoms with Crippen molar-refractivity contribution in [1.29, 1.82) is 0 Å². The first-order valence-corrected chi connectivity index (χ1v) is 25.6. The Morgan fingerprint density at radius 1 is 0.986 bits per heavy atom. The number of methoxy groups -OCH3 is 1. The maximum atomic E-state index is 14.8. The standard InChI is InChI=1S/C55H73N9O6/c1-9-63-46-16-15-38-28-41(46)43(50(63)42-29-40(61-24-20-57-21-25-61)31-58-49(42)35(3)69-8)30-54(4,5)33-70-53(68)44-14-11-22-64(60-44)52(67)45(27-36-12-10-13-37(38)26-36)59-51(66)48(56-7)34(2)55(6)19-17-47(65)62-23-18-39(55)32-62/h10,12-13,15-17,19,26,28-29,31,34-35,39,44-45,48,56-57,60H,9,11,14,18,20-25,27,30,32-33H2,1-8H3,(H,59,66)/t34?,35-,39-,44-,45-,48?,55?/m0/s1. The van der Waals surface area contributed by atoms with Crippen molar-refractivity contribution in [2.24, 2.45) is 22.7 Å². The van der Waals surface area contributed by atoms with Crippen LogP contribution in [0.1, 0.15) is 83.7 Å². The summed E-state index contributed by atoms with van der Waals surface area (Å²) >= 11 is 0. The molecule has 3 amide bonds. The number of esters is 1. The number of fused-ring (bicyclic) bond motifs is 8. The summed E-state index contributed by atoms with van der Waals surface area (Å²) in [6.45, 7) is 18.9. The number of hydrogen-bond acceptors (Lipinski definition) is 11. The van der Waals surface area contributed by atoms with Gasteiger partial charge in [-0.2, -0.15) is 0 Å². The lowest BCUT2D eigenvalue weighted by Gasteiger charge is -2.41. The number of pyridine rings is 1. The van der Waals surface area contributed by atoms with Crippen molar-refractivity contribution >= 4 is 40.3 Å². The second kappa shape index (κ2) is 20.2. The van der Waals surface area contributed by atoms with E-state index in [1.54, 1.807) is 20.2 Å². The maximum absolute atomic E-state index is 14.8.